The number of nitrogens with zero attached hydrogens (tertiary/aromatic N) is 3. The Morgan fingerprint density at radius 3 is 1.10 bits per heavy atom. The van der Waals surface area contributed by atoms with Crippen molar-refractivity contribution in [2.75, 3.05) is 9.80 Å². The van der Waals surface area contributed by atoms with Crippen LogP contribution < -0.4 is 9.80 Å². The maximum absolute atomic E-state index is 2.53. The Bertz CT molecular complexity index is 4920. The molecule has 0 saturated carbocycles. The van der Waals surface area contributed by atoms with E-state index < -0.39 is 0 Å². The molecule has 0 spiro atoms. The molecule has 3 nitrogen and oxygen atoms in total. The molecule has 0 atom stereocenters. The molecule has 0 aliphatic rings. The van der Waals surface area contributed by atoms with Crippen LogP contribution in [0, 0.1) is 0 Å². The second kappa shape index (κ2) is 17.4. The van der Waals surface area contributed by atoms with Crippen molar-refractivity contribution in [2.45, 2.75) is 0 Å². The summed E-state index contributed by atoms with van der Waals surface area (Å²) in [4.78, 5) is 4.81. The first kappa shape index (κ1) is 44.4. The zero-order valence-corrected chi connectivity index (χ0v) is 44.3. The highest BCUT2D eigenvalue weighted by molar-refractivity contribution is 7.26. The third kappa shape index (κ3) is 6.90. The third-order valence-electron chi connectivity index (χ3n) is 16.4. The summed E-state index contributed by atoms with van der Waals surface area (Å²) in [6, 6.07) is 101. The van der Waals surface area contributed by atoms with Crippen LogP contribution in [0.1, 0.15) is 0 Å². The van der Waals surface area contributed by atoms with E-state index in [9.17, 15) is 0 Å². The highest BCUT2D eigenvalue weighted by Gasteiger charge is 2.22. The molecule has 0 aliphatic carbocycles. The minimum absolute atomic E-state index is 1.13. The molecule has 17 aromatic rings. The molecule has 4 aromatic heterocycles. The molecule has 0 amide bonds. The fourth-order valence-corrected chi connectivity index (χ4v) is 15.2. The van der Waals surface area contributed by atoms with Crippen LogP contribution in [0.3, 0.4) is 0 Å². The van der Waals surface area contributed by atoms with Gasteiger partial charge in [0, 0.05) is 75.2 Å². The average molecular weight is 1040 g/mol. The topological polar surface area (TPSA) is 10.9 Å². The number of aromatic nitrogens is 1. The maximum atomic E-state index is 2.53. The van der Waals surface area contributed by atoms with Gasteiger partial charge in [-0.2, -0.15) is 0 Å². The predicted octanol–water partition coefficient (Wildman–Crippen LogP) is 22.2. The molecule has 0 unspecified atom stereocenters. The SMILES string of the molecule is c1ccc(N(c2ccc(-c3ccc4cc5c6cccc7c8cc9ccc(-c%10ccc(N(c%11ccccc%11)c%11cccc%12c%11sc%11ccccc%11%12)cc%10)cc9cc8n(c5cc4c3)c67)cc2)c2cccc3c2sc2ccccc23)cc1. The Kier molecular flexibility index (Phi) is 9.75. The first-order chi connectivity index (χ1) is 39.1. The second-order valence-electron chi connectivity index (χ2n) is 20.8. The molecule has 79 heavy (non-hydrogen) atoms. The molecule has 0 bridgehead atoms. The second-order valence-corrected chi connectivity index (χ2v) is 22.9. The van der Waals surface area contributed by atoms with Crippen LogP contribution in [0.25, 0.3) is 122 Å². The van der Waals surface area contributed by atoms with Crippen molar-refractivity contribution in [1.29, 1.82) is 0 Å². The quantitative estimate of drug-likeness (QED) is 0.150. The molecule has 0 saturated heterocycles. The Balaban J connectivity index is 0.741. The van der Waals surface area contributed by atoms with Gasteiger partial charge in [0.05, 0.1) is 37.3 Å². The highest BCUT2D eigenvalue weighted by Crippen LogP contribution is 2.48. The number of benzene rings is 13. The van der Waals surface area contributed by atoms with Crippen molar-refractivity contribution < 1.29 is 0 Å². The lowest BCUT2D eigenvalue weighted by molar-refractivity contribution is 1.30. The number of hydrogen-bond acceptors (Lipinski definition) is 4. The monoisotopic (exact) mass is 1040 g/mol. The van der Waals surface area contributed by atoms with Gasteiger partial charge in [0.1, 0.15) is 0 Å². The summed E-state index contributed by atoms with van der Waals surface area (Å²) in [5, 5.41) is 15.3. The summed E-state index contributed by atoms with van der Waals surface area (Å²) in [6.45, 7) is 0. The lowest BCUT2D eigenvalue weighted by Crippen LogP contribution is -2.09. The van der Waals surface area contributed by atoms with Crippen molar-refractivity contribution in [3.8, 4) is 22.3 Å². The van der Waals surface area contributed by atoms with Crippen LogP contribution >= 0.6 is 22.7 Å². The van der Waals surface area contributed by atoms with Crippen LogP contribution in [0.2, 0.25) is 0 Å². The van der Waals surface area contributed by atoms with E-state index in [0.717, 1.165) is 22.7 Å². The van der Waals surface area contributed by atoms with E-state index in [0.29, 0.717) is 0 Å². The summed E-state index contributed by atoms with van der Waals surface area (Å²) in [6.07, 6.45) is 0. The Hall–Kier alpha value is -9.78. The molecule has 0 N–H and O–H groups in total. The Morgan fingerprint density at radius 2 is 0.633 bits per heavy atom. The molecule has 368 valence electrons. The van der Waals surface area contributed by atoms with Gasteiger partial charge in [-0.1, -0.05) is 164 Å². The van der Waals surface area contributed by atoms with E-state index in [1.165, 1.54) is 134 Å². The van der Waals surface area contributed by atoms with Gasteiger partial charge in [-0.05, 0) is 153 Å². The molecule has 0 fully saturated rings. The summed E-state index contributed by atoms with van der Waals surface area (Å²) in [5.74, 6) is 0. The van der Waals surface area contributed by atoms with Crippen molar-refractivity contribution in [3.63, 3.8) is 0 Å². The molecule has 0 radical (unpaired) electrons. The van der Waals surface area contributed by atoms with Crippen LogP contribution in [-0.2, 0) is 0 Å². The van der Waals surface area contributed by atoms with E-state index in [1.807, 2.05) is 22.7 Å². The Morgan fingerprint density at radius 1 is 0.253 bits per heavy atom. The van der Waals surface area contributed by atoms with E-state index in [2.05, 4.69) is 287 Å². The lowest BCUT2D eigenvalue weighted by atomic mass is 9.98. The summed E-state index contributed by atoms with van der Waals surface area (Å²) in [7, 11) is 0. The van der Waals surface area contributed by atoms with Gasteiger partial charge in [0.25, 0.3) is 0 Å². The standard InChI is InChI=1S/C74H45N3S2/c1-3-14-54(15-4-1)75(66-24-12-22-62-58-18-7-9-26-70(58)78-73(62)66)56-36-32-46(33-37-56)48-28-30-50-42-64-60-20-11-21-61-65-43-51-31-29-49(41-53(51)45-69(65)77(72(60)61)68(64)44-52(50)40-48)47-34-38-57(39-35-47)76(55-16-5-2-6-17-55)67-25-13-23-63-59-19-8-10-27-71(59)79-74(63)67/h1-45H. The predicted molar refractivity (Wildman–Crippen MR) is 342 cm³/mol. The van der Waals surface area contributed by atoms with Crippen LogP contribution in [0.15, 0.2) is 273 Å². The van der Waals surface area contributed by atoms with Crippen molar-refractivity contribution in [3.05, 3.63) is 273 Å². The summed E-state index contributed by atoms with van der Waals surface area (Å²) >= 11 is 3.73. The summed E-state index contributed by atoms with van der Waals surface area (Å²) < 4.78 is 7.72. The number of thiophene rings is 2. The van der Waals surface area contributed by atoms with Gasteiger partial charge in [-0.15, -0.1) is 22.7 Å². The normalized spacial score (nSPS) is 12.1. The van der Waals surface area contributed by atoms with Gasteiger partial charge < -0.3 is 14.2 Å². The smallest absolute Gasteiger partial charge is 0.0640 e. The molecule has 4 heterocycles. The fourth-order valence-electron chi connectivity index (χ4n) is 12.8. The molecular formula is C74H45N3S2. The van der Waals surface area contributed by atoms with E-state index in [-0.39, 0.29) is 0 Å². The molecule has 17 rings (SSSR count). The number of fused-ring (bicyclic) bond motifs is 14. The van der Waals surface area contributed by atoms with Gasteiger partial charge in [-0.25, -0.2) is 0 Å². The van der Waals surface area contributed by atoms with Crippen molar-refractivity contribution >= 4 is 157 Å². The van der Waals surface area contributed by atoms with Crippen LogP contribution in [0.5, 0.6) is 0 Å². The van der Waals surface area contributed by atoms with Crippen LogP contribution in [-0.4, -0.2) is 4.40 Å². The zero-order valence-electron chi connectivity index (χ0n) is 42.6. The van der Waals surface area contributed by atoms with Crippen LogP contribution in [0.4, 0.5) is 34.1 Å². The van der Waals surface area contributed by atoms with Crippen molar-refractivity contribution in [2.24, 2.45) is 0 Å². The lowest BCUT2D eigenvalue weighted by Gasteiger charge is -2.26. The maximum Gasteiger partial charge on any atom is 0.0640 e. The van der Waals surface area contributed by atoms with E-state index in [1.54, 1.807) is 0 Å². The third-order valence-corrected chi connectivity index (χ3v) is 18.8. The zero-order chi connectivity index (χ0) is 51.7. The minimum atomic E-state index is 1.13. The van der Waals surface area contributed by atoms with Gasteiger partial charge >= 0.3 is 0 Å². The number of para-hydroxylation sites is 3. The fraction of sp³-hybridized carbons (Fsp3) is 0. The molecule has 0 aliphatic heterocycles. The molecule has 5 heteroatoms. The molecule has 13 aromatic carbocycles. The number of hydrogen-bond donors (Lipinski definition) is 0. The molecular weight excluding hydrogens is 995 g/mol. The highest BCUT2D eigenvalue weighted by atomic mass is 32.1. The van der Waals surface area contributed by atoms with E-state index >= 15 is 0 Å². The first-order valence-corrected chi connectivity index (χ1v) is 28.6. The summed E-state index contributed by atoms with van der Waals surface area (Å²) in [5.41, 5.74) is 15.4. The van der Waals surface area contributed by atoms with Crippen molar-refractivity contribution in [1.82, 2.24) is 4.40 Å². The van der Waals surface area contributed by atoms with E-state index in [4.69, 9.17) is 0 Å². The van der Waals surface area contributed by atoms with Gasteiger partial charge in [-0.3, -0.25) is 0 Å². The average Bonchev–Trinajstić information content (AvgIpc) is 4.30. The number of rotatable bonds is 8. The number of anilines is 6. The largest absolute Gasteiger partial charge is 0.309 e. The minimum Gasteiger partial charge on any atom is -0.309 e. The van der Waals surface area contributed by atoms with Gasteiger partial charge in [0.2, 0.25) is 0 Å². The first-order valence-electron chi connectivity index (χ1n) is 27.0. The Labute approximate surface area is 463 Å². The van der Waals surface area contributed by atoms with Gasteiger partial charge in [0.15, 0.2) is 0 Å².